The Morgan fingerprint density at radius 1 is 1.04 bits per heavy atom. The predicted octanol–water partition coefficient (Wildman–Crippen LogP) is 2.73. The molecule has 0 spiro atoms. The van der Waals surface area contributed by atoms with Gasteiger partial charge >= 0.3 is 5.97 Å². The Morgan fingerprint density at radius 2 is 1.70 bits per heavy atom. The van der Waals surface area contributed by atoms with Crippen molar-refractivity contribution in [1.82, 2.24) is 5.32 Å². The van der Waals surface area contributed by atoms with E-state index >= 15 is 0 Å². The third kappa shape index (κ3) is 4.85. The first-order valence-electron chi connectivity index (χ1n) is 7.25. The first-order chi connectivity index (χ1) is 11.1. The third-order valence-corrected chi connectivity index (χ3v) is 3.34. The fraction of sp³-hybridized carbons (Fsp3) is 0.222. The van der Waals surface area contributed by atoms with Crippen molar-refractivity contribution >= 4 is 11.9 Å². The van der Waals surface area contributed by atoms with Gasteiger partial charge in [0.2, 0.25) is 0 Å². The van der Waals surface area contributed by atoms with Crippen LogP contribution in [0.4, 0.5) is 0 Å². The minimum Gasteiger partial charge on any atom is -0.497 e. The summed E-state index contributed by atoms with van der Waals surface area (Å²) in [5.74, 6) is -0.241. The summed E-state index contributed by atoms with van der Waals surface area (Å²) >= 11 is 0. The van der Waals surface area contributed by atoms with Crippen LogP contribution in [0.1, 0.15) is 28.9 Å². The number of hydrogen-bond donors (Lipinski definition) is 1. The lowest BCUT2D eigenvalue weighted by Crippen LogP contribution is -2.31. The molecule has 1 amide bonds. The number of carbonyl (C=O) groups excluding carboxylic acids is 2. The summed E-state index contributed by atoms with van der Waals surface area (Å²) in [5, 5.41) is 2.79. The van der Waals surface area contributed by atoms with Gasteiger partial charge in [0.05, 0.1) is 18.7 Å². The number of hydrogen-bond acceptors (Lipinski definition) is 4. The van der Waals surface area contributed by atoms with Crippen LogP contribution >= 0.6 is 0 Å². The lowest BCUT2D eigenvalue weighted by atomic mass is 10.1. The maximum absolute atomic E-state index is 11.9. The molecule has 2 rings (SSSR count). The minimum absolute atomic E-state index is 0.150. The summed E-state index contributed by atoms with van der Waals surface area (Å²) in [4.78, 5) is 23.7. The molecule has 0 saturated heterocycles. The molecular weight excluding hydrogens is 294 g/mol. The standard InChI is InChI=1S/C18H19NO4/c1-13(14-6-4-3-5-7-14)19-17(20)12-23-18(21)15-8-10-16(22-2)11-9-15/h3-11,13H,12H2,1-2H3,(H,19,20). The van der Waals surface area contributed by atoms with E-state index in [4.69, 9.17) is 9.47 Å². The first-order valence-corrected chi connectivity index (χ1v) is 7.25. The highest BCUT2D eigenvalue weighted by atomic mass is 16.5. The Bertz CT molecular complexity index is 652. The minimum atomic E-state index is -0.546. The highest BCUT2D eigenvalue weighted by molar-refractivity contribution is 5.91. The molecule has 0 fully saturated rings. The SMILES string of the molecule is COc1ccc(C(=O)OCC(=O)NC(C)c2ccccc2)cc1. The normalized spacial score (nSPS) is 11.4. The van der Waals surface area contributed by atoms with Crippen molar-refractivity contribution in [3.63, 3.8) is 0 Å². The van der Waals surface area contributed by atoms with Gasteiger partial charge in [0.25, 0.3) is 5.91 Å². The van der Waals surface area contributed by atoms with Crippen LogP contribution in [0.25, 0.3) is 0 Å². The van der Waals surface area contributed by atoms with Crippen molar-refractivity contribution in [3.8, 4) is 5.75 Å². The van der Waals surface area contributed by atoms with Crippen molar-refractivity contribution in [1.29, 1.82) is 0 Å². The predicted molar refractivity (Wildman–Crippen MR) is 86.3 cm³/mol. The molecule has 120 valence electrons. The molecule has 23 heavy (non-hydrogen) atoms. The van der Waals surface area contributed by atoms with Crippen LogP contribution in [0.15, 0.2) is 54.6 Å². The van der Waals surface area contributed by atoms with E-state index in [0.29, 0.717) is 11.3 Å². The lowest BCUT2D eigenvalue weighted by Gasteiger charge is -2.14. The van der Waals surface area contributed by atoms with Gasteiger partial charge in [-0.3, -0.25) is 4.79 Å². The Hall–Kier alpha value is -2.82. The summed E-state index contributed by atoms with van der Waals surface area (Å²) in [6, 6.07) is 15.9. The Balaban J connectivity index is 1.82. The number of carbonyl (C=O) groups is 2. The molecule has 0 aliphatic heterocycles. The van der Waals surface area contributed by atoms with Gasteiger partial charge in [0.15, 0.2) is 6.61 Å². The summed E-state index contributed by atoms with van der Waals surface area (Å²) in [5.41, 5.74) is 1.36. The third-order valence-electron chi connectivity index (χ3n) is 3.34. The van der Waals surface area contributed by atoms with Crippen LogP contribution in [0, 0.1) is 0 Å². The average Bonchev–Trinajstić information content (AvgIpc) is 2.60. The number of esters is 1. The van der Waals surface area contributed by atoms with Crippen molar-refractivity contribution in [2.75, 3.05) is 13.7 Å². The number of ether oxygens (including phenoxy) is 2. The molecule has 1 atom stereocenters. The molecule has 0 aliphatic carbocycles. The van der Waals surface area contributed by atoms with Gasteiger partial charge in [-0.15, -0.1) is 0 Å². The van der Waals surface area contributed by atoms with E-state index in [1.807, 2.05) is 37.3 Å². The summed E-state index contributed by atoms with van der Waals surface area (Å²) < 4.78 is 10.0. The number of benzene rings is 2. The summed E-state index contributed by atoms with van der Waals surface area (Å²) in [6.07, 6.45) is 0. The Kier molecular flexibility index (Phi) is 5.74. The van der Waals surface area contributed by atoms with Crippen molar-refractivity contribution < 1.29 is 19.1 Å². The van der Waals surface area contributed by atoms with Gasteiger partial charge in [0.1, 0.15) is 5.75 Å². The molecule has 5 heteroatoms. The average molecular weight is 313 g/mol. The van der Waals surface area contributed by atoms with Crippen LogP contribution in [0.5, 0.6) is 5.75 Å². The fourth-order valence-electron chi connectivity index (χ4n) is 2.05. The van der Waals surface area contributed by atoms with E-state index in [1.54, 1.807) is 31.4 Å². The zero-order valence-corrected chi connectivity index (χ0v) is 13.1. The molecule has 0 radical (unpaired) electrons. The Morgan fingerprint density at radius 3 is 2.30 bits per heavy atom. The van der Waals surface area contributed by atoms with E-state index in [1.165, 1.54) is 0 Å². The largest absolute Gasteiger partial charge is 0.497 e. The van der Waals surface area contributed by atoms with Crippen LogP contribution in [-0.4, -0.2) is 25.6 Å². The first kappa shape index (κ1) is 16.5. The van der Waals surface area contributed by atoms with Crippen LogP contribution < -0.4 is 10.1 Å². The van der Waals surface area contributed by atoms with E-state index in [0.717, 1.165) is 5.56 Å². The van der Waals surface area contributed by atoms with Crippen molar-refractivity contribution in [2.24, 2.45) is 0 Å². The molecule has 0 aromatic heterocycles. The summed E-state index contributed by atoms with van der Waals surface area (Å²) in [7, 11) is 1.55. The molecule has 5 nitrogen and oxygen atoms in total. The van der Waals surface area contributed by atoms with Gasteiger partial charge in [0, 0.05) is 0 Å². The molecule has 2 aromatic carbocycles. The smallest absolute Gasteiger partial charge is 0.338 e. The molecule has 0 saturated carbocycles. The Labute approximate surface area is 135 Å². The maximum atomic E-state index is 11.9. The van der Waals surface area contributed by atoms with Crippen LogP contribution in [0.2, 0.25) is 0 Å². The van der Waals surface area contributed by atoms with E-state index in [9.17, 15) is 9.59 Å². The highest BCUT2D eigenvalue weighted by Crippen LogP contribution is 2.13. The second-order valence-electron chi connectivity index (χ2n) is 5.00. The number of amides is 1. The second-order valence-corrected chi connectivity index (χ2v) is 5.00. The molecule has 0 aliphatic rings. The number of nitrogens with one attached hydrogen (secondary N) is 1. The van der Waals surface area contributed by atoms with E-state index < -0.39 is 5.97 Å². The van der Waals surface area contributed by atoms with Gasteiger partial charge in [-0.2, -0.15) is 0 Å². The van der Waals surface area contributed by atoms with Crippen molar-refractivity contribution in [3.05, 3.63) is 65.7 Å². The monoisotopic (exact) mass is 313 g/mol. The molecule has 0 heterocycles. The van der Waals surface area contributed by atoms with E-state index in [2.05, 4.69) is 5.32 Å². The van der Waals surface area contributed by atoms with Crippen molar-refractivity contribution in [2.45, 2.75) is 13.0 Å². The molecule has 2 aromatic rings. The molecular formula is C18H19NO4. The van der Waals surface area contributed by atoms with Crippen LogP contribution in [0.3, 0.4) is 0 Å². The summed E-state index contributed by atoms with van der Waals surface area (Å²) in [6.45, 7) is 1.56. The second kappa shape index (κ2) is 7.98. The van der Waals surface area contributed by atoms with E-state index in [-0.39, 0.29) is 18.6 Å². The van der Waals surface area contributed by atoms with Gasteiger partial charge in [-0.25, -0.2) is 4.79 Å². The fourth-order valence-corrected chi connectivity index (χ4v) is 2.05. The molecule has 0 bridgehead atoms. The molecule has 1 N–H and O–H groups in total. The zero-order chi connectivity index (χ0) is 16.7. The highest BCUT2D eigenvalue weighted by Gasteiger charge is 2.13. The maximum Gasteiger partial charge on any atom is 0.338 e. The number of methoxy groups -OCH3 is 1. The van der Waals surface area contributed by atoms with Gasteiger partial charge in [-0.1, -0.05) is 30.3 Å². The van der Waals surface area contributed by atoms with Gasteiger partial charge in [-0.05, 0) is 36.8 Å². The quantitative estimate of drug-likeness (QED) is 0.833. The molecule has 1 unspecified atom stereocenters. The zero-order valence-electron chi connectivity index (χ0n) is 13.1. The topological polar surface area (TPSA) is 64.6 Å². The lowest BCUT2D eigenvalue weighted by molar-refractivity contribution is -0.124. The van der Waals surface area contributed by atoms with Crippen LogP contribution in [-0.2, 0) is 9.53 Å². The van der Waals surface area contributed by atoms with Gasteiger partial charge < -0.3 is 14.8 Å². The number of rotatable bonds is 6.